The number of amides is 1. The van der Waals surface area contributed by atoms with Gasteiger partial charge in [0.1, 0.15) is 5.69 Å². The zero-order valence-electron chi connectivity index (χ0n) is 10.1. The minimum absolute atomic E-state index is 0.160. The molecule has 2 rings (SSSR count). The van der Waals surface area contributed by atoms with E-state index in [1.807, 2.05) is 30.3 Å². The first-order valence-corrected chi connectivity index (χ1v) is 6.58. The summed E-state index contributed by atoms with van der Waals surface area (Å²) in [6.07, 6.45) is 1.56. The largest absolute Gasteiger partial charge is 0.394 e. The van der Waals surface area contributed by atoms with Crippen molar-refractivity contribution < 1.29 is 9.90 Å². The van der Waals surface area contributed by atoms with Crippen molar-refractivity contribution in [3.05, 3.63) is 64.4 Å². The van der Waals surface area contributed by atoms with Crippen LogP contribution >= 0.6 is 15.9 Å². The summed E-state index contributed by atoms with van der Waals surface area (Å²) >= 11 is 3.26. The van der Waals surface area contributed by atoms with Gasteiger partial charge in [0.15, 0.2) is 0 Å². The van der Waals surface area contributed by atoms with Crippen LogP contribution in [0.3, 0.4) is 0 Å². The van der Waals surface area contributed by atoms with Gasteiger partial charge in [-0.2, -0.15) is 0 Å². The molecule has 1 aromatic heterocycles. The van der Waals surface area contributed by atoms with Crippen LogP contribution in [0.15, 0.2) is 53.1 Å². The molecule has 1 aromatic carbocycles. The molecule has 0 bridgehead atoms. The van der Waals surface area contributed by atoms with Crippen molar-refractivity contribution in [1.29, 1.82) is 0 Å². The number of aliphatic hydroxyl groups excluding tert-OH is 1. The zero-order chi connectivity index (χ0) is 13.7. The van der Waals surface area contributed by atoms with Crippen molar-refractivity contribution >= 4 is 21.8 Å². The number of rotatable bonds is 4. The van der Waals surface area contributed by atoms with Crippen LogP contribution in [0.2, 0.25) is 0 Å². The fourth-order valence-electron chi connectivity index (χ4n) is 1.66. The monoisotopic (exact) mass is 320 g/mol. The molecular formula is C14H13BrN2O2. The van der Waals surface area contributed by atoms with Crippen LogP contribution in [-0.4, -0.2) is 22.6 Å². The summed E-state index contributed by atoms with van der Waals surface area (Å²) in [6, 6.07) is 12.3. The number of hydrogen-bond donors (Lipinski definition) is 2. The molecule has 19 heavy (non-hydrogen) atoms. The van der Waals surface area contributed by atoms with E-state index in [1.54, 1.807) is 18.3 Å². The van der Waals surface area contributed by atoms with Crippen molar-refractivity contribution in [2.75, 3.05) is 6.61 Å². The number of benzene rings is 1. The van der Waals surface area contributed by atoms with E-state index in [0.717, 1.165) is 10.0 Å². The molecule has 5 heteroatoms. The minimum Gasteiger partial charge on any atom is -0.394 e. The molecule has 0 spiro atoms. The number of halogens is 1. The Bertz CT molecular complexity index is 543. The van der Waals surface area contributed by atoms with Gasteiger partial charge in [0.2, 0.25) is 0 Å². The summed E-state index contributed by atoms with van der Waals surface area (Å²) in [5.74, 6) is -0.310. The Morgan fingerprint density at radius 2 is 2.00 bits per heavy atom. The molecule has 0 saturated heterocycles. The zero-order valence-corrected chi connectivity index (χ0v) is 11.7. The number of carbonyl (C=O) groups excluding carboxylic acids is 1. The van der Waals surface area contributed by atoms with E-state index in [1.165, 1.54) is 0 Å². The van der Waals surface area contributed by atoms with Crippen LogP contribution in [0.25, 0.3) is 0 Å². The van der Waals surface area contributed by atoms with Crippen molar-refractivity contribution in [3.8, 4) is 0 Å². The number of aromatic nitrogens is 1. The third kappa shape index (κ3) is 3.62. The van der Waals surface area contributed by atoms with Gasteiger partial charge >= 0.3 is 0 Å². The topological polar surface area (TPSA) is 62.2 Å². The maximum Gasteiger partial charge on any atom is 0.270 e. The highest BCUT2D eigenvalue weighted by atomic mass is 79.9. The Morgan fingerprint density at radius 1 is 1.26 bits per heavy atom. The van der Waals surface area contributed by atoms with Gasteiger partial charge in [-0.15, -0.1) is 0 Å². The molecule has 0 aliphatic carbocycles. The molecule has 0 unspecified atom stereocenters. The van der Waals surface area contributed by atoms with Gasteiger partial charge in [-0.05, 0) is 33.6 Å². The van der Waals surface area contributed by atoms with E-state index in [9.17, 15) is 9.90 Å². The lowest BCUT2D eigenvalue weighted by atomic mass is 10.1. The summed E-state index contributed by atoms with van der Waals surface area (Å²) in [5.41, 5.74) is 1.17. The molecule has 4 nitrogen and oxygen atoms in total. The summed E-state index contributed by atoms with van der Waals surface area (Å²) in [4.78, 5) is 16.0. The van der Waals surface area contributed by atoms with Crippen LogP contribution in [0, 0.1) is 0 Å². The molecule has 0 saturated carbocycles. The maximum atomic E-state index is 12.0. The lowest BCUT2D eigenvalue weighted by Crippen LogP contribution is -2.31. The smallest absolute Gasteiger partial charge is 0.270 e. The van der Waals surface area contributed by atoms with Crippen LogP contribution in [0.1, 0.15) is 22.1 Å². The van der Waals surface area contributed by atoms with E-state index in [0.29, 0.717) is 5.69 Å². The number of aliphatic hydroxyl groups is 1. The van der Waals surface area contributed by atoms with Crippen molar-refractivity contribution in [2.24, 2.45) is 0 Å². The second-order valence-electron chi connectivity index (χ2n) is 3.98. The lowest BCUT2D eigenvalue weighted by molar-refractivity contribution is 0.0911. The van der Waals surface area contributed by atoms with E-state index in [2.05, 4.69) is 26.2 Å². The summed E-state index contributed by atoms with van der Waals surface area (Å²) < 4.78 is 0.811. The van der Waals surface area contributed by atoms with Crippen molar-refractivity contribution in [1.82, 2.24) is 10.3 Å². The third-order valence-electron chi connectivity index (χ3n) is 2.65. The number of carbonyl (C=O) groups is 1. The van der Waals surface area contributed by atoms with Gasteiger partial charge in [0.25, 0.3) is 5.91 Å². The number of pyridine rings is 1. The summed E-state index contributed by atoms with van der Waals surface area (Å²) in [7, 11) is 0. The van der Waals surface area contributed by atoms with Gasteiger partial charge in [0.05, 0.1) is 12.6 Å². The molecule has 0 aliphatic rings. The highest BCUT2D eigenvalue weighted by molar-refractivity contribution is 9.10. The van der Waals surface area contributed by atoms with E-state index >= 15 is 0 Å². The molecule has 1 amide bonds. The van der Waals surface area contributed by atoms with Crippen LogP contribution in [-0.2, 0) is 0 Å². The fourth-order valence-corrected chi connectivity index (χ4v) is 1.90. The molecule has 0 aliphatic heterocycles. The average molecular weight is 321 g/mol. The van der Waals surface area contributed by atoms with Crippen LogP contribution in [0.4, 0.5) is 0 Å². The van der Waals surface area contributed by atoms with Crippen molar-refractivity contribution in [2.45, 2.75) is 6.04 Å². The van der Waals surface area contributed by atoms with Gasteiger partial charge in [-0.25, -0.2) is 4.98 Å². The number of hydrogen-bond acceptors (Lipinski definition) is 3. The highest BCUT2D eigenvalue weighted by Gasteiger charge is 2.15. The van der Waals surface area contributed by atoms with Gasteiger partial charge in [0, 0.05) is 10.7 Å². The second kappa shape index (κ2) is 6.45. The highest BCUT2D eigenvalue weighted by Crippen LogP contribution is 2.13. The molecular weight excluding hydrogens is 308 g/mol. The molecule has 2 aromatic rings. The Labute approximate surface area is 119 Å². The number of nitrogens with one attached hydrogen (secondary N) is 1. The first kappa shape index (κ1) is 13.7. The van der Waals surface area contributed by atoms with E-state index < -0.39 is 6.04 Å². The van der Waals surface area contributed by atoms with Crippen molar-refractivity contribution in [3.63, 3.8) is 0 Å². The van der Waals surface area contributed by atoms with Crippen LogP contribution in [0.5, 0.6) is 0 Å². The predicted molar refractivity (Wildman–Crippen MR) is 75.7 cm³/mol. The third-order valence-corrected chi connectivity index (χ3v) is 3.12. The predicted octanol–water partition coefficient (Wildman–Crippen LogP) is 2.31. The molecule has 0 radical (unpaired) electrons. The quantitative estimate of drug-likeness (QED) is 0.908. The van der Waals surface area contributed by atoms with Gasteiger partial charge < -0.3 is 10.4 Å². The normalized spacial score (nSPS) is 11.9. The van der Waals surface area contributed by atoms with Gasteiger partial charge in [-0.1, -0.05) is 30.3 Å². The lowest BCUT2D eigenvalue weighted by Gasteiger charge is -2.16. The molecule has 0 fully saturated rings. The summed E-state index contributed by atoms with van der Waals surface area (Å²) in [5, 5.41) is 12.1. The SMILES string of the molecule is O=C(N[C@H](CO)c1ccccc1)c1ccc(Br)cn1. The Hall–Kier alpha value is -1.72. The Balaban J connectivity index is 2.10. The second-order valence-corrected chi connectivity index (χ2v) is 4.90. The molecule has 2 N–H and O–H groups in total. The fraction of sp³-hybridized carbons (Fsp3) is 0.143. The minimum atomic E-state index is -0.431. The first-order valence-electron chi connectivity index (χ1n) is 5.79. The Kier molecular flexibility index (Phi) is 4.65. The van der Waals surface area contributed by atoms with Gasteiger partial charge in [-0.3, -0.25) is 4.79 Å². The summed E-state index contributed by atoms with van der Waals surface area (Å²) in [6.45, 7) is -0.160. The van der Waals surface area contributed by atoms with Crippen LogP contribution < -0.4 is 5.32 Å². The maximum absolute atomic E-state index is 12.0. The molecule has 1 heterocycles. The number of nitrogens with zero attached hydrogens (tertiary/aromatic N) is 1. The standard InChI is InChI=1S/C14H13BrN2O2/c15-11-6-7-12(16-8-11)14(19)17-13(9-18)10-4-2-1-3-5-10/h1-8,13,18H,9H2,(H,17,19)/t13-/m1/s1. The average Bonchev–Trinajstić information content (AvgIpc) is 2.46. The van der Waals surface area contributed by atoms with E-state index in [-0.39, 0.29) is 12.5 Å². The molecule has 1 atom stereocenters. The Morgan fingerprint density at radius 3 is 2.58 bits per heavy atom. The van der Waals surface area contributed by atoms with E-state index in [4.69, 9.17) is 0 Å². The first-order chi connectivity index (χ1) is 9.20. The molecule has 98 valence electrons.